The van der Waals surface area contributed by atoms with Crippen molar-refractivity contribution >= 4 is 42.1 Å². The molecule has 146 valence electrons. The van der Waals surface area contributed by atoms with Gasteiger partial charge in [0.25, 0.3) is 0 Å². The fourth-order valence-corrected chi connectivity index (χ4v) is 3.13. The average molecular weight is 419 g/mol. The van der Waals surface area contributed by atoms with E-state index in [-0.39, 0.29) is 12.4 Å². The number of halogens is 2. The van der Waals surface area contributed by atoms with Gasteiger partial charge in [0.05, 0.1) is 25.6 Å². The van der Waals surface area contributed by atoms with Crippen LogP contribution in [0, 0.1) is 6.92 Å². The van der Waals surface area contributed by atoms with E-state index in [1.807, 2.05) is 55.5 Å². The lowest BCUT2D eigenvalue weighted by atomic mass is 10.0. The molecule has 0 N–H and O–H groups in total. The zero-order valence-corrected chi connectivity index (χ0v) is 17.3. The number of carbonyl (C=O) groups is 1. The number of methoxy groups -OCH3 is 2. The third-order valence-electron chi connectivity index (χ3n) is 4.15. The number of carbonyl (C=O) groups excluding carboxylic acids is 1. The number of hydrogen-bond donors (Lipinski definition) is 0. The molecule has 0 aliphatic carbocycles. The summed E-state index contributed by atoms with van der Waals surface area (Å²) in [5.74, 6) is -0.0123. The van der Waals surface area contributed by atoms with Crippen molar-refractivity contribution in [3.8, 4) is 11.4 Å². The van der Waals surface area contributed by atoms with E-state index in [1.165, 1.54) is 14.2 Å². The van der Waals surface area contributed by atoms with Crippen molar-refractivity contribution in [2.24, 2.45) is 0 Å². The lowest BCUT2D eigenvalue weighted by molar-refractivity contribution is 0.0597. The molecule has 0 saturated carbocycles. The molecule has 5 nitrogen and oxygen atoms in total. The minimum Gasteiger partial charge on any atom is -0.496 e. The Morgan fingerprint density at radius 1 is 1.07 bits per heavy atom. The van der Waals surface area contributed by atoms with Crippen LogP contribution >= 0.6 is 24.0 Å². The number of para-hydroxylation sites is 1. The van der Waals surface area contributed by atoms with Crippen molar-refractivity contribution in [2.75, 3.05) is 14.2 Å². The van der Waals surface area contributed by atoms with Gasteiger partial charge < -0.3 is 9.47 Å². The maximum Gasteiger partial charge on any atom is 0.342 e. The highest BCUT2D eigenvalue weighted by molar-refractivity contribution is 6.31. The van der Waals surface area contributed by atoms with Crippen LogP contribution in [-0.4, -0.2) is 30.0 Å². The lowest BCUT2D eigenvalue weighted by Crippen LogP contribution is -2.06. The molecule has 3 aromatic rings. The molecule has 0 bridgehead atoms. The van der Waals surface area contributed by atoms with E-state index in [2.05, 4.69) is 5.10 Å². The van der Waals surface area contributed by atoms with E-state index in [4.69, 9.17) is 21.1 Å². The normalized spacial score (nSPS) is 10.6. The van der Waals surface area contributed by atoms with Crippen molar-refractivity contribution in [2.45, 2.75) is 6.92 Å². The highest BCUT2D eigenvalue weighted by Crippen LogP contribution is 2.28. The molecule has 0 spiro atoms. The van der Waals surface area contributed by atoms with Gasteiger partial charge in [-0.05, 0) is 36.8 Å². The van der Waals surface area contributed by atoms with Gasteiger partial charge in [-0.25, -0.2) is 9.48 Å². The second-order valence-electron chi connectivity index (χ2n) is 5.79. The summed E-state index contributed by atoms with van der Waals surface area (Å²) in [4.78, 5) is 12.2. The summed E-state index contributed by atoms with van der Waals surface area (Å²) < 4.78 is 11.9. The van der Waals surface area contributed by atoms with E-state index in [0.717, 1.165) is 16.9 Å². The Labute approximate surface area is 174 Å². The van der Waals surface area contributed by atoms with Gasteiger partial charge in [-0.15, -0.1) is 12.4 Å². The van der Waals surface area contributed by atoms with E-state index >= 15 is 0 Å². The summed E-state index contributed by atoms with van der Waals surface area (Å²) in [5, 5.41) is 5.01. The van der Waals surface area contributed by atoms with Crippen molar-refractivity contribution in [3.63, 3.8) is 0 Å². The molecular formula is C21H20Cl2N2O3. The fraction of sp³-hybridized carbons (Fsp3) is 0.143. The molecule has 0 aliphatic rings. The Morgan fingerprint density at radius 2 is 1.79 bits per heavy atom. The summed E-state index contributed by atoms with van der Waals surface area (Å²) in [6, 6.07) is 15.0. The van der Waals surface area contributed by atoms with E-state index < -0.39 is 5.97 Å². The van der Waals surface area contributed by atoms with Crippen LogP contribution < -0.4 is 4.74 Å². The molecule has 7 heteroatoms. The van der Waals surface area contributed by atoms with E-state index in [0.29, 0.717) is 22.0 Å². The molecule has 3 rings (SSSR count). The Hall–Kier alpha value is -2.76. The van der Waals surface area contributed by atoms with Gasteiger partial charge >= 0.3 is 5.97 Å². The number of ether oxygens (including phenoxy) is 2. The summed E-state index contributed by atoms with van der Waals surface area (Å²) >= 11 is 6.55. The average Bonchev–Trinajstić information content (AvgIpc) is 2.99. The summed E-state index contributed by atoms with van der Waals surface area (Å²) in [7, 11) is 2.85. The van der Waals surface area contributed by atoms with Gasteiger partial charge in [0.2, 0.25) is 0 Å². The molecule has 0 fully saturated rings. The maximum absolute atomic E-state index is 12.2. The summed E-state index contributed by atoms with van der Waals surface area (Å²) in [6.45, 7) is 1.89. The van der Waals surface area contributed by atoms with Crippen LogP contribution in [0.1, 0.15) is 27.2 Å². The van der Waals surface area contributed by atoms with Crippen LogP contribution in [0.5, 0.6) is 5.75 Å². The molecule has 1 heterocycles. The van der Waals surface area contributed by atoms with Gasteiger partial charge in [0, 0.05) is 5.56 Å². The number of hydrogen-bond acceptors (Lipinski definition) is 4. The van der Waals surface area contributed by atoms with Gasteiger partial charge in [-0.1, -0.05) is 48.0 Å². The first-order chi connectivity index (χ1) is 13.1. The van der Waals surface area contributed by atoms with Crippen LogP contribution in [-0.2, 0) is 4.74 Å². The van der Waals surface area contributed by atoms with Crippen LogP contribution in [0.25, 0.3) is 17.8 Å². The number of esters is 1. The molecule has 28 heavy (non-hydrogen) atoms. The molecule has 0 radical (unpaired) electrons. The van der Waals surface area contributed by atoms with Crippen LogP contribution in [0.4, 0.5) is 0 Å². The molecule has 0 aliphatic heterocycles. The first kappa shape index (κ1) is 21.5. The van der Waals surface area contributed by atoms with E-state index in [1.54, 1.807) is 16.8 Å². The smallest absolute Gasteiger partial charge is 0.342 e. The molecule has 2 aromatic carbocycles. The topological polar surface area (TPSA) is 53.3 Å². The Balaban J connectivity index is 0.00000280. The molecule has 0 amide bonds. The Morgan fingerprint density at radius 3 is 2.43 bits per heavy atom. The molecular weight excluding hydrogens is 399 g/mol. The maximum atomic E-state index is 12.2. The highest BCUT2D eigenvalue weighted by Gasteiger charge is 2.17. The van der Waals surface area contributed by atoms with Crippen molar-refractivity contribution in [1.29, 1.82) is 0 Å². The number of rotatable bonds is 5. The second-order valence-corrected chi connectivity index (χ2v) is 6.14. The van der Waals surface area contributed by atoms with Gasteiger partial charge in [0.15, 0.2) is 0 Å². The van der Waals surface area contributed by atoms with Gasteiger partial charge in [-0.2, -0.15) is 5.10 Å². The fourth-order valence-electron chi connectivity index (χ4n) is 2.79. The molecule has 0 atom stereocenters. The number of benzene rings is 2. The standard InChI is InChI=1S/C21H19ClN2O3.ClH/c1-14-17(20(22)24(23-14)16-9-5-4-6-10-16)13-12-15-8-7-11-18(26-2)19(15)21(25)27-3;/h4-13H,1-3H3;1H. The molecule has 1 aromatic heterocycles. The predicted octanol–water partition coefficient (Wildman–Crippen LogP) is 5.22. The highest BCUT2D eigenvalue weighted by atomic mass is 35.5. The quantitative estimate of drug-likeness (QED) is 0.532. The summed E-state index contributed by atoms with van der Waals surface area (Å²) in [6.07, 6.45) is 3.64. The van der Waals surface area contributed by atoms with Crippen molar-refractivity contribution in [1.82, 2.24) is 9.78 Å². The number of aromatic nitrogens is 2. The van der Waals surface area contributed by atoms with Gasteiger partial charge in [-0.3, -0.25) is 0 Å². The Bertz CT molecular complexity index is 998. The zero-order chi connectivity index (χ0) is 19.4. The third-order valence-corrected chi connectivity index (χ3v) is 4.51. The van der Waals surface area contributed by atoms with Crippen LogP contribution in [0.2, 0.25) is 5.15 Å². The predicted molar refractivity (Wildman–Crippen MR) is 114 cm³/mol. The van der Waals surface area contributed by atoms with Gasteiger partial charge in [0.1, 0.15) is 16.5 Å². The number of nitrogens with zero attached hydrogens (tertiary/aromatic N) is 2. The SMILES string of the molecule is COC(=O)c1c(C=Cc2c(C)nn(-c3ccccc3)c2Cl)cccc1OC.Cl. The third kappa shape index (κ3) is 4.21. The monoisotopic (exact) mass is 418 g/mol. The van der Waals surface area contributed by atoms with Crippen LogP contribution in [0.3, 0.4) is 0 Å². The minimum atomic E-state index is -0.463. The van der Waals surface area contributed by atoms with Crippen molar-refractivity contribution < 1.29 is 14.3 Å². The molecule has 0 unspecified atom stereocenters. The van der Waals surface area contributed by atoms with E-state index in [9.17, 15) is 4.79 Å². The second kappa shape index (κ2) is 9.44. The lowest BCUT2D eigenvalue weighted by Gasteiger charge is -2.09. The van der Waals surface area contributed by atoms with Crippen molar-refractivity contribution in [3.05, 3.63) is 76.1 Å². The minimum absolute atomic E-state index is 0. The number of aryl methyl sites for hydroxylation is 1. The molecule has 0 saturated heterocycles. The largest absolute Gasteiger partial charge is 0.496 e. The zero-order valence-electron chi connectivity index (χ0n) is 15.7. The first-order valence-electron chi connectivity index (χ1n) is 8.30. The van der Waals surface area contributed by atoms with Crippen LogP contribution in [0.15, 0.2) is 48.5 Å². The summed E-state index contributed by atoms with van der Waals surface area (Å²) in [5.41, 5.74) is 3.47. The Kier molecular flexibility index (Phi) is 7.26. The first-order valence-corrected chi connectivity index (χ1v) is 8.68.